The standard InChI is InChI=1S/C10H16N2O2S2/c11-12-10(9-1-3-15-6-9)5-8-2-4-16(13,14)7-8/h1,3,6,8,10,12H,2,4-5,7,11H2. The zero-order valence-electron chi connectivity index (χ0n) is 8.93. The quantitative estimate of drug-likeness (QED) is 0.627. The topological polar surface area (TPSA) is 72.2 Å². The number of sulfone groups is 1. The lowest BCUT2D eigenvalue weighted by molar-refractivity contribution is 0.422. The molecule has 4 nitrogen and oxygen atoms in total. The minimum Gasteiger partial charge on any atom is -0.271 e. The fourth-order valence-corrected chi connectivity index (χ4v) is 4.76. The van der Waals surface area contributed by atoms with E-state index in [0.717, 1.165) is 18.4 Å². The molecule has 6 heteroatoms. The monoisotopic (exact) mass is 260 g/mol. The van der Waals surface area contributed by atoms with Gasteiger partial charge in [0, 0.05) is 6.04 Å². The van der Waals surface area contributed by atoms with Gasteiger partial charge in [-0.25, -0.2) is 8.42 Å². The highest BCUT2D eigenvalue weighted by Crippen LogP contribution is 2.29. The minimum atomic E-state index is -2.78. The molecular weight excluding hydrogens is 244 g/mol. The molecular formula is C10H16N2O2S2. The van der Waals surface area contributed by atoms with Crippen LogP contribution in [0.4, 0.5) is 0 Å². The minimum absolute atomic E-state index is 0.0737. The van der Waals surface area contributed by atoms with Crippen LogP contribution in [-0.2, 0) is 9.84 Å². The molecule has 1 aliphatic heterocycles. The smallest absolute Gasteiger partial charge is 0.150 e. The van der Waals surface area contributed by atoms with Gasteiger partial charge in [-0.3, -0.25) is 11.3 Å². The van der Waals surface area contributed by atoms with Crippen LogP contribution in [-0.4, -0.2) is 19.9 Å². The van der Waals surface area contributed by atoms with Gasteiger partial charge in [0.2, 0.25) is 0 Å². The number of hydrogen-bond donors (Lipinski definition) is 2. The van der Waals surface area contributed by atoms with Crippen LogP contribution in [0, 0.1) is 5.92 Å². The summed E-state index contributed by atoms with van der Waals surface area (Å²) in [7, 11) is -2.78. The Morgan fingerprint density at radius 3 is 2.94 bits per heavy atom. The van der Waals surface area contributed by atoms with Gasteiger partial charge in [0.1, 0.15) is 0 Å². The van der Waals surface area contributed by atoms with Crippen LogP contribution in [0.5, 0.6) is 0 Å². The van der Waals surface area contributed by atoms with E-state index in [2.05, 4.69) is 5.43 Å². The summed E-state index contributed by atoms with van der Waals surface area (Å²) in [6, 6.07) is 2.10. The van der Waals surface area contributed by atoms with E-state index in [1.54, 1.807) is 11.3 Å². The van der Waals surface area contributed by atoms with Crippen LogP contribution >= 0.6 is 11.3 Å². The summed E-state index contributed by atoms with van der Waals surface area (Å²) in [5.41, 5.74) is 3.92. The maximum Gasteiger partial charge on any atom is 0.150 e. The summed E-state index contributed by atoms with van der Waals surface area (Å²) in [4.78, 5) is 0. The highest BCUT2D eigenvalue weighted by molar-refractivity contribution is 7.91. The zero-order chi connectivity index (χ0) is 11.6. The van der Waals surface area contributed by atoms with Crippen molar-refractivity contribution in [1.82, 2.24) is 5.43 Å². The average molecular weight is 260 g/mol. The van der Waals surface area contributed by atoms with Crippen LogP contribution in [0.1, 0.15) is 24.4 Å². The van der Waals surface area contributed by atoms with E-state index in [4.69, 9.17) is 5.84 Å². The van der Waals surface area contributed by atoms with E-state index in [0.29, 0.717) is 11.5 Å². The van der Waals surface area contributed by atoms with Gasteiger partial charge in [0.15, 0.2) is 9.84 Å². The van der Waals surface area contributed by atoms with Crippen LogP contribution in [0.2, 0.25) is 0 Å². The number of rotatable bonds is 4. The Balaban J connectivity index is 1.98. The Kier molecular flexibility index (Phi) is 3.63. The second-order valence-corrected chi connectivity index (χ2v) is 7.29. The third kappa shape index (κ3) is 2.82. The molecule has 2 heterocycles. The molecule has 2 unspecified atom stereocenters. The lowest BCUT2D eigenvalue weighted by Crippen LogP contribution is -2.29. The zero-order valence-corrected chi connectivity index (χ0v) is 10.6. The first-order chi connectivity index (χ1) is 7.61. The van der Waals surface area contributed by atoms with Crippen molar-refractivity contribution in [3.63, 3.8) is 0 Å². The molecule has 2 atom stereocenters. The molecule has 0 radical (unpaired) electrons. The molecule has 1 aromatic heterocycles. The summed E-state index contributed by atoms with van der Waals surface area (Å²) in [6.45, 7) is 0. The number of hydrogen-bond acceptors (Lipinski definition) is 5. The third-order valence-corrected chi connectivity index (χ3v) is 5.58. The molecule has 1 saturated heterocycles. The second kappa shape index (κ2) is 4.83. The second-order valence-electron chi connectivity index (χ2n) is 4.28. The third-order valence-electron chi connectivity index (χ3n) is 3.04. The molecule has 0 saturated carbocycles. The molecule has 2 rings (SSSR count). The Bertz CT molecular complexity index is 428. The molecule has 90 valence electrons. The van der Waals surface area contributed by atoms with E-state index in [9.17, 15) is 8.42 Å². The van der Waals surface area contributed by atoms with Crippen molar-refractivity contribution >= 4 is 21.2 Å². The number of nitrogens with one attached hydrogen (secondary N) is 1. The van der Waals surface area contributed by atoms with E-state index in [-0.39, 0.29) is 12.0 Å². The SMILES string of the molecule is NNC(CC1CCS(=O)(=O)C1)c1ccsc1. The van der Waals surface area contributed by atoms with Crippen molar-refractivity contribution in [3.05, 3.63) is 22.4 Å². The molecule has 1 fully saturated rings. The van der Waals surface area contributed by atoms with Crippen LogP contribution in [0.25, 0.3) is 0 Å². The first-order valence-corrected chi connectivity index (χ1v) is 8.06. The van der Waals surface area contributed by atoms with Crippen molar-refractivity contribution in [2.75, 3.05) is 11.5 Å². The molecule has 1 aliphatic rings. The van der Waals surface area contributed by atoms with Crippen molar-refractivity contribution in [2.24, 2.45) is 11.8 Å². The van der Waals surface area contributed by atoms with E-state index in [1.807, 2.05) is 16.8 Å². The Morgan fingerprint density at radius 1 is 1.62 bits per heavy atom. The molecule has 0 bridgehead atoms. The van der Waals surface area contributed by atoms with Crippen molar-refractivity contribution in [1.29, 1.82) is 0 Å². The van der Waals surface area contributed by atoms with Crippen molar-refractivity contribution in [3.8, 4) is 0 Å². The van der Waals surface area contributed by atoms with Crippen LogP contribution in [0.3, 0.4) is 0 Å². The summed E-state index contributed by atoms with van der Waals surface area (Å²) < 4.78 is 22.7. The summed E-state index contributed by atoms with van der Waals surface area (Å²) >= 11 is 1.63. The van der Waals surface area contributed by atoms with Gasteiger partial charge in [0.05, 0.1) is 11.5 Å². The number of hydrazine groups is 1. The molecule has 0 aromatic carbocycles. The largest absolute Gasteiger partial charge is 0.271 e. The molecule has 1 aromatic rings. The molecule has 0 amide bonds. The highest BCUT2D eigenvalue weighted by Gasteiger charge is 2.29. The van der Waals surface area contributed by atoms with Gasteiger partial charge >= 0.3 is 0 Å². The van der Waals surface area contributed by atoms with E-state index in [1.165, 1.54) is 0 Å². The summed E-state index contributed by atoms with van der Waals surface area (Å²) in [6.07, 6.45) is 1.57. The molecule has 0 aliphatic carbocycles. The Labute approximate surface area is 99.7 Å². The van der Waals surface area contributed by atoms with Gasteiger partial charge in [-0.05, 0) is 41.1 Å². The van der Waals surface area contributed by atoms with E-state index < -0.39 is 9.84 Å². The Hall–Kier alpha value is -0.430. The van der Waals surface area contributed by atoms with Gasteiger partial charge in [0.25, 0.3) is 0 Å². The van der Waals surface area contributed by atoms with Crippen LogP contribution in [0.15, 0.2) is 16.8 Å². The summed E-state index contributed by atoms with van der Waals surface area (Å²) in [5.74, 6) is 6.40. The van der Waals surface area contributed by atoms with E-state index >= 15 is 0 Å². The predicted molar refractivity (Wildman–Crippen MR) is 65.8 cm³/mol. The predicted octanol–water partition coefficient (Wildman–Crippen LogP) is 1.08. The van der Waals surface area contributed by atoms with Crippen molar-refractivity contribution < 1.29 is 8.42 Å². The molecule has 16 heavy (non-hydrogen) atoms. The van der Waals surface area contributed by atoms with Gasteiger partial charge in [-0.1, -0.05) is 0 Å². The van der Waals surface area contributed by atoms with Gasteiger partial charge < -0.3 is 0 Å². The van der Waals surface area contributed by atoms with Crippen LogP contribution < -0.4 is 11.3 Å². The average Bonchev–Trinajstić information content (AvgIpc) is 2.84. The molecule has 3 N–H and O–H groups in total. The van der Waals surface area contributed by atoms with Crippen molar-refractivity contribution in [2.45, 2.75) is 18.9 Å². The van der Waals surface area contributed by atoms with Gasteiger partial charge in [-0.15, -0.1) is 0 Å². The lowest BCUT2D eigenvalue weighted by atomic mass is 9.96. The van der Waals surface area contributed by atoms with Gasteiger partial charge in [-0.2, -0.15) is 11.3 Å². The first-order valence-electron chi connectivity index (χ1n) is 5.29. The fourth-order valence-electron chi connectivity index (χ4n) is 2.16. The normalized spacial score (nSPS) is 25.7. The Morgan fingerprint density at radius 2 is 2.44 bits per heavy atom. The maximum atomic E-state index is 11.3. The maximum absolute atomic E-state index is 11.3. The highest BCUT2D eigenvalue weighted by atomic mass is 32.2. The fraction of sp³-hybridized carbons (Fsp3) is 0.600. The number of thiophene rings is 1. The first kappa shape index (κ1) is 12.0. The lowest BCUT2D eigenvalue weighted by Gasteiger charge is -2.17. The molecule has 0 spiro atoms. The summed E-state index contributed by atoms with van der Waals surface area (Å²) in [5, 5.41) is 4.05. The number of nitrogens with two attached hydrogens (primary N) is 1.